The minimum absolute atomic E-state index is 0.0579. The molecule has 1 fully saturated rings. The van der Waals surface area contributed by atoms with E-state index in [4.69, 9.17) is 14.2 Å². The van der Waals surface area contributed by atoms with Gasteiger partial charge in [-0.25, -0.2) is 4.79 Å². The molecule has 0 aliphatic carbocycles. The smallest absolute Gasteiger partial charge is 0.466 e. The Morgan fingerprint density at radius 1 is 0.808 bits per heavy atom. The molecule has 0 saturated carbocycles. The average molecular weight is 371 g/mol. The molecule has 0 bridgehead atoms. The molecule has 1 saturated heterocycles. The normalized spacial score (nSPS) is 19.2. The molecule has 5 heteroatoms. The third-order valence-corrected chi connectivity index (χ3v) is 4.93. The Bertz CT molecular complexity index is 383. The summed E-state index contributed by atoms with van der Waals surface area (Å²) in [5, 5.41) is 0. The Morgan fingerprint density at radius 2 is 1.31 bits per heavy atom. The average Bonchev–Trinajstić information content (AvgIpc) is 2.97. The molecule has 26 heavy (non-hydrogen) atoms. The van der Waals surface area contributed by atoms with Crippen LogP contribution in [0.5, 0.6) is 0 Å². The van der Waals surface area contributed by atoms with E-state index in [9.17, 15) is 9.59 Å². The molecular formula is C21H38O5. The zero-order valence-corrected chi connectivity index (χ0v) is 16.8. The Kier molecular flexibility index (Phi) is 13.0. The molecule has 5 nitrogen and oxygen atoms in total. The summed E-state index contributed by atoms with van der Waals surface area (Å²) in [5.41, 5.74) is 0. The van der Waals surface area contributed by atoms with Crippen LogP contribution in [0.3, 0.4) is 0 Å². The summed E-state index contributed by atoms with van der Waals surface area (Å²) in [6, 6.07) is 0. The number of unbranched alkanes of at least 4 members (excludes halogenated alkanes) is 9. The Balaban J connectivity index is 2.04. The maximum atomic E-state index is 11.4. The monoisotopic (exact) mass is 370 g/mol. The van der Waals surface area contributed by atoms with Crippen LogP contribution in [0.4, 0.5) is 4.79 Å². The zero-order valence-electron chi connectivity index (χ0n) is 16.8. The minimum Gasteiger partial charge on any atom is -0.466 e. The molecule has 0 amide bonds. The summed E-state index contributed by atoms with van der Waals surface area (Å²) in [6.45, 7) is 4.51. The van der Waals surface area contributed by atoms with Crippen molar-refractivity contribution in [2.75, 3.05) is 6.61 Å². The highest BCUT2D eigenvalue weighted by molar-refractivity contribution is 5.69. The van der Waals surface area contributed by atoms with Gasteiger partial charge in [0.2, 0.25) is 0 Å². The van der Waals surface area contributed by atoms with Crippen molar-refractivity contribution in [2.45, 2.75) is 116 Å². The molecule has 2 unspecified atom stereocenters. The van der Waals surface area contributed by atoms with Gasteiger partial charge in [-0.3, -0.25) is 4.79 Å². The number of hydrogen-bond donors (Lipinski definition) is 0. The molecule has 0 N–H and O–H groups in total. The van der Waals surface area contributed by atoms with Crippen molar-refractivity contribution in [3.8, 4) is 0 Å². The highest BCUT2D eigenvalue weighted by atomic mass is 16.8. The fourth-order valence-corrected chi connectivity index (χ4v) is 3.42. The largest absolute Gasteiger partial charge is 0.509 e. The number of carbonyl (C=O) groups is 2. The van der Waals surface area contributed by atoms with E-state index in [1.807, 2.05) is 6.92 Å². The summed E-state index contributed by atoms with van der Waals surface area (Å²) >= 11 is 0. The first-order valence-corrected chi connectivity index (χ1v) is 10.7. The Hall–Kier alpha value is -1.26. The van der Waals surface area contributed by atoms with Gasteiger partial charge in [0.05, 0.1) is 6.61 Å². The predicted molar refractivity (Wildman–Crippen MR) is 102 cm³/mol. The molecular weight excluding hydrogens is 332 g/mol. The van der Waals surface area contributed by atoms with Crippen LogP contribution in [0.2, 0.25) is 0 Å². The van der Waals surface area contributed by atoms with Gasteiger partial charge in [0.15, 0.2) is 0 Å². The SMILES string of the molecule is CCCCCCCCC1OC(=O)OC1CCCCCCCC(=O)OCC. The van der Waals surface area contributed by atoms with Crippen molar-refractivity contribution in [3.63, 3.8) is 0 Å². The van der Waals surface area contributed by atoms with Gasteiger partial charge in [0, 0.05) is 6.42 Å². The fourth-order valence-electron chi connectivity index (χ4n) is 3.42. The maximum Gasteiger partial charge on any atom is 0.509 e. The van der Waals surface area contributed by atoms with E-state index in [0.29, 0.717) is 13.0 Å². The van der Waals surface area contributed by atoms with Crippen LogP contribution in [0.15, 0.2) is 0 Å². The molecule has 2 atom stereocenters. The summed E-state index contributed by atoms with van der Waals surface area (Å²) in [7, 11) is 0. The lowest BCUT2D eigenvalue weighted by molar-refractivity contribution is -0.143. The molecule has 1 rings (SSSR count). The van der Waals surface area contributed by atoms with Crippen LogP contribution < -0.4 is 0 Å². The van der Waals surface area contributed by atoms with Crippen LogP contribution in [0.25, 0.3) is 0 Å². The van der Waals surface area contributed by atoms with Crippen molar-refractivity contribution >= 4 is 12.1 Å². The van der Waals surface area contributed by atoms with Crippen molar-refractivity contribution in [2.24, 2.45) is 0 Å². The van der Waals surface area contributed by atoms with Crippen molar-refractivity contribution in [1.29, 1.82) is 0 Å². The quantitative estimate of drug-likeness (QED) is 0.249. The molecule has 152 valence electrons. The molecule has 1 aliphatic rings. The standard InChI is InChI=1S/C21H38O5/c1-3-5-6-7-9-12-15-18-19(26-21(23)25-18)16-13-10-8-11-14-17-20(22)24-4-2/h18-19H,3-17H2,1-2H3. The fraction of sp³-hybridized carbons (Fsp3) is 0.905. The summed E-state index contributed by atoms with van der Waals surface area (Å²) < 4.78 is 15.6. The van der Waals surface area contributed by atoms with Crippen LogP contribution in [-0.4, -0.2) is 30.9 Å². The molecule has 0 aromatic rings. The predicted octanol–water partition coefficient (Wildman–Crippen LogP) is 5.93. The second kappa shape index (κ2) is 14.9. The Morgan fingerprint density at radius 3 is 1.85 bits per heavy atom. The highest BCUT2D eigenvalue weighted by Crippen LogP contribution is 2.25. The molecule has 0 spiro atoms. The number of hydrogen-bond acceptors (Lipinski definition) is 5. The second-order valence-electron chi connectivity index (χ2n) is 7.23. The van der Waals surface area contributed by atoms with E-state index in [1.54, 1.807) is 0 Å². The van der Waals surface area contributed by atoms with E-state index in [-0.39, 0.29) is 18.2 Å². The van der Waals surface area contributed by atoms with E-state index < -0.39 is 6.16 Å². The summed E-state index contributed by atoms with van der Waals surface area (Å²) in [5.74, 6) is -0.0972. The van der Waals surface area contributed by atoms with Crippen LogP contribution >= 0.6 is 0 Å². The maximum absolute atomic E-state index is 11.4. The van der Waals surface area contributed by atoms with E-state index in [0.717, 1.165) is 51.4 Å². The first kappa shape index (κ1) is 22.8. The number of ether oxygens (including phenoxy) is 3. The van der Waals surface area contributed by atoms with Crippen LogP contribution in [-0.2, 0) is 19.0 Å². The van der Waals surface area contributed by atoms with Gasteiger partial charge < -0.3 is 14.2 Å². The lowest BCUT2D eigenvalue weighted by atomic mass is 9.99. The van der Waals surface area contributed by atoms with E-state index in [1.165, 1.54) is 32.1 Å². The van der Waals surface area contributed by atoms with Gasteiger partial charge in [0.1, 0.15) is 12.2 Å². The van der Waals surface area contributed by atoms with Crippen LogP contribution in [0.1, 0.15) is 104 Å². The van der Waals surface area contributed by atoms with Crippen LogP contribution in [0, 0.1) is 0 Å². The lowest BCUT2D eigenvalue weighted by Gasteiger charge is -2.15. The highest BCUT2D eigenvalue weighted by Gasteiger charge is 2.35. The van der Waals surface area contributed by atoms with E-state index >= 15 is 0 Å². The van der Waals surface area contributed by atoms with Gasteiger partial charge >= 0.3 is 12.1 Å². The zero-order chi connectivity index (χ0) is 19.0. The van der Waals surface area contributed by atoms with Gasteiger partial charge in [-0.15, -0.1) is 0 Å². The molecule has 0 aromatic carbocycles. The van der Waals surface area contributed by atoms with Gasteiger partial charge in [-0.1, -0.05) is 58.3 Å². The molecule has 1 aliphatic heterocycles. The Labute approximate surface area is 159 Å². The van der Waals surface area contributed by atoms with Crippen molar-refractivity contribution < 1.29 is 23.8 Å². The molecule has 0 aromatic heterocycles. The summed E-state index contributed by atoms with van der Waals surface area (Å²) in [4.78, 5) is 22.7. The van der Waals surface area contributed by atoms with Gasteiger partial charge in [0.25, 0.3) is 0 Å². The minimum atomic E-state index is -0.500. The number of cyclic esters (lactones) is 2. The van der Waals surface area contributed by atoms with Crippen molar-refractivity contribution in [3.05, 3.63) is 0 Å². The summed E-state index contributed by atoms with van der Waals surface area (Å²) in [6.07, 6.45) is 14.3. The topological polar surface area (TPSA) is 61.8 Å². The molecule has 1 heterocycles. The second-order valence-corrected chi connectivity index (χ2v) is 7.23. The third-order valence-electron chi connectivity index (χ3n) is 4.93. The number of rotatable bonds is 16. The molecule has 0 radical (unpaired) electrons. The van der Waals surface area contributed by atoms with Gasteiger partial charge in [-0.2, -0.15) is 0 Å². The lowest BCUT2D eigenvalue weighted by Crippen LogP contribution is -2.22. The number of esters is 1. The van der Waals surface area contributed by atoms with Crippen molar-refractivity contribution in [1.82, 2.24) is 0 Å². The van der Waals surface area contributed by atoms with Gasteiger partial charge in [-0.05, 0) is 39.0 Å². The first-order valence-electron chi connectivity index (χ1n) is 10.7. The first-order chi connectivity index (χ1) is 12.7. The van der Waals surface area contributed by atoms with E-state index in [2.05, 4.69) is 6.92 Å². The third kappa shape index (κ3) is 10.7. The number of carbonyl (C=O) groups excluding carboxylic acids is 2.